The molecule has 0 radical (unpaired) electrons. The molecule has 2 aromatic carbocycles. The van der Waals surface area contributed by atoms with Gasteiger partial charge in [0.1, 0.15) is 10.7 Å². The highest BCUT2D eigenvalue weighted by Gasteiger charge is 2.25. The summed E-state index contributed by atoms with van der Waals surface area (Å²) in [4.78, 5) is 12.5. The van der Waals surface area contributed by atoms with Crippen LogP contribution in [0.3, 0.4) is 0 Å². The summed E-state index contributed by atoms with van der Waals surface area (Å²) < 4.78 is 39.0. The molecule has 0 bridgehead atoms. The van der Waals surface area contributed by atoms with Gasteiger partial charge in [0, 0.05) is 19.4 Å². The van der Waals surface area contributed by atoms with Crippen LogP contribution in [0.4, 0.5) is 5.69 Å². The van der Waals surface area contributed by atoms with Crippen molar-refractivity contribution in [3.05, 3.63) is 48.0 Å². The second-order valence-corrected chi connectivity index (χ2v) is 8.69. The molecular formula is C21H25N3O5S. The maximum absolute atomic E-state index is 12.3. The van der Waals surface area contributed by atoms with Gasteiger partial charge in [0.2, 0.25) is 5.91 Å². The minimum atomic E-state index is -3.72. The topological polar surface area (TPSA) is 106 Å². The van der Waals surface area contributed by atoms with E-state index in [0.717, 1.165) is 5.56 Å². The summed E-state index contributed by atoms with van der Waals surface area (Å²) in [7, 11) is -0.598. The smallest absolute Gasteiger partial charge is 0.286 e. The Hall–Kier alpha value is -3.07. The van der Waals surface area contributed by atoms with Crippen molar-refractivity contribution >= 4 is 27.5 Å². The van der Waals surface area contributed by atoms with Crippen LogP contribution in [-0.2, 0) is 21.4 Å². The van der Waals surface area contributed by atoms with Crippen LogP contribution in [0.2, 0.25) is 0 Å². The number of amidine groups is 1. The Morgan fingerprint density at radius 3 is 2.60 bits per heavy atom. The molecule has 0 aromatic heterocycles. The SMILES string of the molecule is COc1ccc(CNC(=O)C[C@H](C)CC2=NS(=O)(=O)c3ccccc3N2)cc1OC. The summed E-state index contributed by atoms with van der Waals surface area (Å²) in [5, 5.41) is 5.93. The number of rotatable bonds is 8. The third-order valence-corrected chi connectivity index (χ3v) is 6.06. The number of nitrogens with zero attached hydrogens (tertiary/aromatic N) is 1. The molecule has 0 fully saturated rings. The van der Waals surface area contributed by atoms with Gasteiger partial charge in [-0.25, -0.2) is 0 Å². The summed E-state index contributed by atoms with van der Waals surface area (Å²) in [5.41, 5.74) is 1.39. The standard InChI is InChI=1S/C21H25N3O5S/c1-14(10-20-23-16-6-4-5-7-19(16)30(26,27)24-20)11-21(25)22-13-15-8-9-17(28-2)18(12-15)29-3/h4-9,12,14H,10-11,13H2,1-3H3,(H,22,25)(H,23,24)/t14-/m1/s1. The Kier molecular flexibility index (Phi) is 6.61. The van der Waals surface area contributed by atoms with E-state index in [9.17, 15) is 13.2 Å². The molecule has 0 saturated heterocycles. The molecule has 9 heteroatoms. The van der Waals surface area contributed by atoms with Crippen LogP contribution in [0.15, 0.2) is 51.8 Å². The first-order valence-corrected chi connectivity index (χ1v) is 10.9. The van der Waals surface area contributed by atoms with Gasteiger partial charge < -0.3 is 20.1 Å². The number of methoxy groups -OCH3 is 2. The Morgan fingerprint density at radius 2 is 1.87 bits per heavy atom. The van der Waals surface area contributed by atoms with Crippen molar-refractivity contribution in [1.29, 1.82) is 0 Å². The maximum Gasteiger partial charge on any atom is 0.286 e. The van der Waals surface area contributed by atoms with Crippen molar-refractivity contribution in [2.24, 2.45) is 10.3 Å². The average molecular weight is 432 g/mol. The van der Waals surface area contributed by atoms with E-state index >= 15 is 0 Å². The molecule has 3 rings (SSSR count). The summed E-state index contributed by atoms with van der Waals surface area (Å²) in [6.07, 6.45) is 0.590. The number of para-hydroxylation sites is 1. The van der Waals surface area contributed by atoms with Crippen molar-refractivity contribution in [2.75, 3.05) is 19.5 Å². The van der Waals surface area contributed by atoms with Gasteiger partial charge in [-0.2, -0.15) is 8.42 Å². The first kappa shape index (κ1) is 21.6. The van der Waals surface area contributed by atoms with Gasteiger partial charge in [-0.15, -0.1) is 4.40 Å². The minimum Gasteiger partial charge on any atom is -0.493 e. The van der Waals surface area contributed by atoms with E-state index in [4.69, 9.17) is 9.47 Å². The first-order valence-electron chi connectivity index (χ1n) is 9.50. The highest BCUT2D eigenvalue weighted by molar-refractivity contribution is 7.90. The zero-order valence-electron chi connectivity index (χ0n) is 17.1. The number of amides is 1. The van der Waals surface area contributed by atoms with Gasteiger partial charge >= 0.3 is 0 Å². The van der Waals surface area contributed by atoms with Crippen LogP contribution in [-0.4, -0.2) is 34.4 Å². The molecule has 2 aromatic rings. The lowest BCUT2D eigenvalue weighted by atomic mass is 10.0. The molecule has 0 unspecified atom stereocenters. The molecule has 8 nitrogen and oxygen atoms in total. The number of carbonyl (C=O) groups is 1. The minimum absolute atomic E-state index is 0.0953. The quantitative estimate of drug-likeness (QED) is 0.666. The normalized spacial score (nSPS) is 15.2. The zero-order chi connectivity index (χ0) is 21.7. The summed E-state index contributed by atoms with van der Waals surface area (Å²) in [6, 6.07) is 12.1. The number of hydrogen-bond acceptors (Lipinski definition) is 6. The molecule has 1 heterocycles. The number of carbonyl (C=O) groups excluding carboxylic acids is 1. The van der Waals surface area contributed by atoms with Crippen LogP contribution in [0, 0.1) is 5.92 Å². The third-order valence-electron chi connectivity index (χ3n) is 4.69. The number of ether oxygens (including phenoxy) is 2. The molecule has 160 valence electrons. The van der Waals surface area contributed by atoms with Gasteiger partial charge in [0.05, 0.1) is 19.9 Å². The molecule has 0 spiro atoms. The van der Waals surface area contributed by atoms with E-state index in [1.165, 1.54) is 6.07 Å². The zero-order valence-corrected chi connectivity index (χ0v) is 18.0. The van der Waals surface area contributed by atoms with E-state index in [2.05, 4.69) is 15.0 Å². The largest absolute Gasteiger partial charge is 0.493 e. The number of sulfonamides is 1. The molecule has 30 heavy (non-hydrogen) atoms. The van der Waals surface area contributed by atoms with Crippen molar-refractivity contribution in [3.8, 4) is 11.5 Å². The van der Waals surface area contributed by atoms with E-state index in [1.807, 2.05) is 19.1 Å². The van der Waals surface area contributed by atoms with Gasteiger partial charge in [-0.05, 0) is 35.7 Å². The fourth-order valence-corrected chi connectivity index (χ4v) is 4.39. The van der Waals surface area contributed by atoms with Gasteiger partial charge in [-0.1, -0.05) is 25.1 Å². The van der Waals surface area contributed by atoms with E-state index in [-0.39, 0.29) is 23.1 Å². The predicted octanol–water partition coefficient (Wildman–Crippen LogP) is 2.95. The van der Waals surface area contributed by atoms with E-state index < -0.39 is 10.0 Å². The third kappa shape index (κ3) is 5.10. The lowest BCUT2D eigenvalue weighted by Gasteiger charge is -2.20. The van der Waals surface area contributed by atoms with Crippen molar-refractivity contribution < 1.29 is 22.7 Å². The Bertz CT molecular complexity index is 1070. The van der Waals surface area contributed by atoms with Crippen molar-refractivity contribution in [2.45, 2.75) is 31.2 Å². The summed E-state index contributed by atoms with van der Waals surface area (Å²) in [6.45, 7) is 2.24. The van der Waals surface area contributed by atoms with Crippen LogP contribution >= 0.6 is 0 Å². The molecule has 1 amide bonds. The number of nitrogens with one attached hydrogen (secondary N) is 2. The predicted molar refractivity (Wildman–Crippen MR) is 114 cm³/mol. The van der Waals surface area contributed by atoms with Crippen LogP contribution in [0.1, 0.15) is 25.3 Å². The highest BCUT2D eigenvalue weighted by atomic mass is 32.2. The fourth-order valence-electron chi connectivity index (χ4n) is 3.24. The second-order valence-electron chi connectivity index (χ2n) is 7.11. The fraction of sp³-hybridized carbons (Fsp3) is 0.333. The van der Waals surface area contributed by atoms with Crippen LogP contribution in [0.5, 0.6) is 11.5 Å². The Morgan fingerprint density at radius 1 is 1.13 bits per heavy atom. The molecular weight excluding hydrogens is 406 g/mol. The Balaban J connectivity index is 1.55. The Labute approximate surface area is 176 Å². The van der Waals surface area contributed by atoms with Gasteiger partial charge in [0.25, 0.3) is 10.0 Å². The molecule has 1 atom stereocenters. The average Bonchev–Trinajstić information content (AvgIpc) is 2.71. The van der Waals surface area contributed by atoms with Crippen molar-refractivity contribution in [1.82, 2.24) is 5.32 Å². The van der Waals surface area contributed by atoms with E-state index in [0.29, 0.717) is 36.0 Å². The lowest BCUT2D eigenvalue weighted by Crippen LogP contribution is -2.27. The second kappa shape index (κ2) is 9.17. The number of benzene rings is 2. The van der Waals surface area contributed by atoms with Crippen molar-refractivity contribution in [3.63, 3.8) is 0 Å². The highest BCUT2D eigenvalue weighted by Crippen LogP contribution is 2.29. The monoisotopic (exact) mass is 431 g/mol. The molecule has 0 aliphatic carbocycles. The molecule has 1 aliphatic rings. The van der Waals surface area contributed by atoms with Gasteiger partial charge in [0.15, 0.2) is 11.5 Å². The molecule has 2 N–H and O–H groups in total. The van der Waals surface area contributed by atoms with Crippen LogP contribution in [0.25, 0.3) is 0 Å². The summed E-state index contributed by atoms with van der Waals surface area (Å²) in [5.74, 6) is 1.34. The van der Waals surface area contributed by atoms with E-state index in [1.54, 1.807) is 38.5 Å². The first-order chi connectivity index (χ1) is 14.3. The van der Waals surface area contributed by atoms with Crippen LogP contribution < -0.4 is 20.1 Å². The number of hydrogen-bond donors (Lipinski definition) is 2. The lowest BCUT2D eigenvalue weighted by molar-refractivity contribution is -0.122. The molecule has 0 saturated carbocycles. The molecule has 1 aliphatic heterocycles. The number of fused-ring (bicyclic) bond motifs is 1. The summed E-state index contributed by atoms with van der Waals surface area (Å²) >= 11 is 0. The number of anilines is 1. The van der Waals surface area contributed by atoms with Gasteiger partial charge in [-0.3, -0.25) is 4.79 Å². The maximum atomic E-state index is 12.3.